The van der Waals surface area contributed by atoms with Crippen molar-refractivity contribution in [2.45, 2.75) is 4.90 Å². The second-order valence-corrected chi connectivity index (χ2v) is 6.41. The molecule has 106 valence electrons. The highest BCUT2D eigenvalue weighted by molar-refractivity contribution is 7.92. The standard InChI is InChI=1S/C12H9Cl2FN2O2S/c13-7-1-4-11(10(16)5-7)17-20(18,19)12-6-8(15)2-3-9(12)14/h1-6,17H,16H2. The highest BCUT2D eigenvalue weighted by Gasteiger charge is 2.20. The lowest BCUT2D eigenvalue weighted by Gasteiger charge is -2.11. The lowest BCUT2D eigenvalue weighted by Crippen LogP contribution is -2.14. The maximum atomic E-state index is 13.2. The number of anilines is 2. The summed E-state index contributed by atoms with van der Waals surface area (Å²) in [6.07, 6.45) is 0. The number of benzene rings is 2. The van der Waals surface area contributed by atoms with Crippen LogP contribution >= 0.6 is 23.2 Å². The van der Waals surface area contributed by atoms with Crippen LogP contribution < -0.4 is 10.5 Å². The zero-order valence-electron chi connectivity index (χ0n) is 9.90. The first kappa shape index (κ1) is 14.9. The number of sulfonamides is 1. The van der Waals surface area contributed by atoms with Crippen LogP contribution in [0.15, 0.2) is 41.3 Å². The average molecular weight is 335 g/mol. The molecule has 0 heterocycles. The van der Waals surface area contributed by atoms with E-state index in [1.54, 1.807) is 0 Å². The van der Waals surface area contributed by atoms with E-state index < -0.39 is 15.8 Å². The number of nitrogens with one attached hydrogen (secondary N) is 1. The summed E-state index contributed by atoms with van der Waals surface area (Å²) >= 11 is 11.5. The van der Waals surface area contributed by atoms with Crippen LogP contribution in [-0.2, 0) is 10.0 Å². The summed E-state index contributed by atoms with van der Waals surface area (Å²) in [6.45, 7) is 0. The summed E-state index contributed by atoms with van der Waals surface area (Å²) in [6, 6.07) is 7.34. The van der Waals surface area contributed by atoms with E-state index in [1.165, 1.54) is 18.2 Å². The van der Waals surface area contributed by atoms with E-state index in [9.17, 15) is 12.8 Å². The van der Waals surface area contributed by atoms with Gasteiger partial charge in [-0.25, -0.2) is 12.8 Å². The van der Waals surface area contributed by atoms with E-state index in [0.29, 0.717) is 5.02 Å². The van der Waals surface area contributed by atoms with Gasteiger partial charge in [-0.05, 0) is 36.4 Å². The lowest BCUT2D eigenvalue weighted by atomic mass is 10.3. The molecule has 0 fully saturated rings. The van der Waals surface area contributed by atoms with Gasteiger partial charge in [-0.15, -0.1) is 0 Å². The summed E-state index contributed by atoms with van der Waals surface area (Å²) in [5, 5.41) is 0.278. The van der Waals surface area contributed by atoms with Crippen LogP contribution in [0, 0.1) is 5.82 Å². The normalized spacial score (nSPS) is 11.3. The summed E-state index contributed by atoms with van der Waals surface area (Å²) in [4.78, 5) is -0.367. The molecule has 0 atom stereocenters. The van der Waals surface area contributed by atoms with Gasteiger partial charge in [-0.2, -0.15) is 0 Å². The van der Waals surface area contributed by atoms with Gasteiger partial charge in [0, 0.05) is 5.02 Å². The van der Waals surface area contributed by atoms with Crippen molar-refractivity contribution in [1.82, 2.24) is 0 Å². The van der Waals surface area contributed by atoms with Crippen LogP contribution in [0.1, 0.15) is 0 Å². The maximum absolute atomic E-state index is 13.2. The van der Waals surface area contributed by atoms with E-state index in [0.717, 1.165) is 18.2 Å². The van der Waals surface area contributed by atoms with Gasteiger partial charge in [0.2, 0.25) is 0 Å². The third kappa shape index (κ3) is 3.15. The Bertz CT molecular complexity index is 766. The van der Waals surface area contributed by atoms with E-state index >= 15 is 0 Å². The quantitative estimate of drug-likeness (QED) is 0.843. The largest absolute Gasteiger partial charge is 0.397 e. The molecule has 0 aromatic heterocycles. The van der Waals surface area contributed by atoms with Gasteiger partial charge in [0.05, 0.1) is 16.4 Å². The number of nitrogen functional groups attached to an aromatic ring is 1. The van der Waals surface area contributed by atoms with Crippen molar-refractivity contribution in [2.24, 2.45) is 0 Å². The molecule has 0 aliphatic carbocycles. The van der Waals surface area contributed by atoms with Crippen molar-refractivity contribution in [3.63, 3.8) is 0 Å². The Balaban J connectivity index is 2.43. The number of hydrogen-bond donors (Lipinski definition) is 2. The second kappa shape index (κ2) is 5.47. The minimum Gasteiger partial charge on any atom is -0.397 e. The Hall–Kier alpha value is -1.50. The van der Waals surface area contributed by atoms with Crippen molar-refractivity contribution >= 4 is 44.6 Å². The second-order valence-electron chi connectivity index (χ2n) is 3.91. The van der Waals surface area contributed by atoms with Gasteiger partial charge < -0.3 is 5.73 Å². The molecule has 0 unspecified atom stereocenters. The molecule has 8 heteroatoms. The topological polar surface area (TPSA) is 72.2 Å². The number of halogens is 3. The van der Waals surface area contributed by atoms with Crippen LogP contribution in [0.2, 0.25) is 10.0 Å². The summed E-state index contributed by atoms with van der Waals surface area (Å²) < 4.78 is 39.7. The van der Waals surface area contributed by atoms with Crippen LogP contribution in [0.25, 0.3) is 0 Å². The molecule has 0 aliphatic heterocycles. The zero-order chi connectivity index (χ0) is 14.9. The number of rotatable bonds is 3. The fourth-order valence-electron chi connectivity index (χ4n) is 1.51. The first-order valence-electron chi connectivity index (χ1n) is 5.32. The first-order valence-corrected chi connectivity index (χ1v) is 7.56. The third-order valence-corrected chi connectivity index (χ3v) is 4.52. The molecule has 4 nitrogen and oxygen atoms in total. The van der Waals surface area contributed by atoms with E-state index in [1.807, 2.05) is 0 Å². The molecule has 0 saturated carbocycles. The molecule has 2 aromatic rings. The fraction of sp³-hybridized carbons (Fsp3) is 0. The van der Waals surface area contributed by atoms with Crippen molar-refractivity contribution in [3.8, 4) is 0 Å². The molecule has 20 heavy (non-hydrogen) atoms. The van der Waals surface area contributed by atoms with Gasteiger partial charge in [0.15, 0.2) is 0 Å². The maximum Gasteiger partial charge on any atom is 0.263 e. The highest BCUT2D eigenvalue weighted by atomic mass is 35.5. The minimum atomic E-state index is -4.05. The predicted molar refractivity (Wildman–Crippen MR) is 78.1 cm³/mol. The minimum absolute atomic E-state index is 0.0913. The molecule has 2 aromatic carbocycles. The summed E-state index contributed by atoms with van der Waals surface area (Å²) in [5.41, 5.74) is 5.94. The van der Waals surface area contributed by atoms with Crippen LogP contribution in [-0.4, -0.2) is 8.42 Å². The number of nitrogens with two attached hydrogens (primary N) is 1. The predicted octanol–water partition coefficient (Wildman–Crippen LogP) is 3.52. The third-order valence-electron chi connectivity index (χ3n) is 2.44. The van der Waals surface area contributed by atoms with Crippen molar-refractivity contribution in [3.05, 3.63) is 52.3 Å². The first-order chi connectivity index (χ1) is 9.29. The van der Waals surface area contributed by atoms with Crippen LogP contribution in [0.5, 0.6) is 0 Å². The SMILES string of the molecule is Nc1cc(Cl)ccc1NS(=O)(=O)c1cc(F)ccc1Cl. The van der Waals surface area contributed by atoms with Crippen LogP contribution in [0.3, 0.4) is 0 Å². The molecule has 0 aliphatic rings. The van der Waals surface area contributed by atoms with E-state index in [2.05, 4.69) is 4.72 Å². The zero-order valence-corrected chi connectivity index (χ0v) is 12.2. The molecule has 0 saturated heterocycles. The Morgan fingerprint density at radius 2 is 1.80 bits per heavy atom. The molecule has 0 radical (unpaired) electrons. The molecule has 0 amide bonds. The molecule has 2 rings (SSSR count). The molecular weight excluding hydrogens is 326 g/mol. The fourth-order valence-corrected chi connectivity index (χ4v) is 3.29. The molecule has 0 bridgehead atoms. The number of hydrogen-bond acceptors (Lipinski definition) is 3. The smallest absolute Gasteiger partial charge is 0.263 e. The van der Waals surface area contributed by atoms with Gasteiger partial charge in [0.1, 0.15) is 10.7 Å². The molecule has 0 spiro atoms. The van der Waals surface area contributed by atoms with Gasteiger partial charge in [-0.3, -0.25) is 4.72 Å². The molecule has 3 N–H and O–H groups in total. The monoisotopic (exact) mass is 334 g/mol. The lowest BCUT2D eigenvalue weighted by molar-refractivity contribution is 0.595. The summed E-state index contributed by atoms with van der Waals surface area (Å²) in [7, 11) is -4.05. The Labute approximate surface area is 125 Å². The Morgan fingerprint density at radius 1 is 1.10 bits per heavy atom. The van der Waals surface area contributed by atoms with Crippen molar-refractivity contribution < 1.29 is 12.8 Å². The molecular formula is C12H9Cl2FN2O2S. The van der Waals surface area contributed by atoms with Crippen molar-refractivity contribution in [1.29, 1.82) is 0 Å². The van der Waals surface area contributed by atoms with Gasteiger partial charge in [-0.1, -0.05) is 23.2 Å². The van der Waals surface area contributed by atoms with E-state index in [-0.39, 0.29) is 21.3 Å². The van der Waals surface area contributed by atoms with E-state index in [4.69, 9.17) is 28.9 Å². The van der Waals surface area contributed by atoms with Gasteiger partial charge >= 0.3 is 0 Å². The highest BCUT2D eigenvalue weighted by Crippen LogP contribution is 2.28. The Kier molecular flexibility index (Phi) is 4.08. The average Bonchev–Trinajstić information content (AvgIpc) is 2.35. The van der Waals surface area contributed by atoms with Crippen molar-refractivity contribution in [2.75, 3.05) is 10.5 Å². The summed E-state index contributed by atoms with van der Waals surface area (Å²) in [5.74, 6) is -0.709. The Morgan fingerprint density at radius 3 is 2.45 bits per heavy atom. The van der Waals surface area contributed by atoms with Gasteiger partial charge in [0.25, 0.3) is 10.0 Å². The van der Waals surface area contributed by atoms with Crippen LogP contribution in [0.4, 0.5) is 15.8 Å².